The van der Waals surface area contributed by atoms with Crippen LogP contribution in [0, 0.1) is 0 Å². The van der Waals surface area contributed by atoms with Gasteiger partial charge in [-0.15, -0.1) is 0 Å². The van der Waals surface area contributed by atoms with Gasteiger partial charge in [-0.25, -0.2) is 0 Å². The van der Waals surface area contributed by atoms with Crippen molar-refractivity contribution in [3.05, 3.63) is 41.7 Å². The van der Waals surface area contributed by atoms with Crippen molar-refractivity contribution in [2.24, 2.45) is 0 Å². The highest BCUT2D eigenvalue weighted by Gasteiger charge is 2.39. The quantitative estimate of drug-likeness (QED) is 0.849. The van der Waals surface area contributed by atoms with Gasteiger partial charge < -0.3 is 18.9 Å². The first-order valence-electron chi connectivity index (χ1n) is 6.57. The topological polar surface area (TPSA) is 36.9 Å². The number of rotatable bonds is 3. The van der Waals surface area contributed by atoms with Gasteiger partial charge in [0.05, 0.1) is 25.7 Å². The molecule has 2 heterocycles. The second-order valence-electron chi connectivity index (χ2n) is 5.02. The van der Waals surface area contributed by atoms with E-state index in [9.17, 15) is 0 Å². The van der Waals surface area contributed by atoms with E-state index in [2.05, 4.69) is 12.7 Å². The van der Waals surface area contributed by atoms with Gasteiger partial charge in [0.1, 0.15) is 24.2 Å². The molecule has 2 atom stereocenters. The molecule has 0 aromatic heterocycles. The Bertz CT molecular complexity index is 588. The predicted molar refractivity (Wildman–Crippen MR) is 75.6 cm³/mol. The van der Waals surface area contributed by atoms with E-state index in [1.807, 2.05) is 19.1 Å². The lowest BCUT2D eigenvalue weighted by molar-refractivity contribution is 0.0690. The van der Waals surface area contributed by atoms with Gasteiger partial charge in [0.25, 0.3) is 0 Å². The third-order valence-corrected chi connectivity index (χ3v) is 3.71. The molecule has 0 radical (unpaired) electrons. The molecular weight excluding hydrogens is 256 g/mol. The van der Waals surface area contributed by atoms with Gasteiger partial charge >= 0.3 is 0 Å². The zero-order chi connectivity index (χ0) is 14.3. The zero-order valence-electron chi connectivity index (χ0n) is 11.9. The predicted octanol–water partition coefficient (Wildman–Crippen LogP) is 3.04. The van der Waals surface area contributed by atoms with E-state index < -0.39 is 0 Å². The molecule has 20 heavy (non-hydrogen) atoms. The van der Waals surface area contributed by atoms with Crippen molar-refractivity contribution >= 4 is 0 Å². The Morgan fingerprint density at radius 1 is 1.30 bits per heavy atom. The maximum Gasteiger partial charge on any atom is 0.168 e. The van der Waals surface area contributed by atoms with Gasteiger partial charge in [0.15, 0.2) is 11.5 Å². The van der Waals surface area contributed by atoms with Crippen LogP contribution in [-0.2, 0) is 4.74 Å². The van der Waals surface area contributed by atoms with Crippen LogP contribution < -0.4 is 14.2 Å². The molecule has 2 unspecified atom stereocenters. The van der Waals surface area contributed by atoms with Crippen LogP contribution in [0.15, 0.2) is 36.1 Å². The molecule has 0 fully saturated rings. The molecule has 2 aliphatic heterocycles. The van der Waals surface area contributed by atoms with Gasteiger partial charge in [-0.2, -0.15) is 0 Å². The highest BCUT2D eigenvalue weighted by atomic mass is 16.5. The summed E-state index contributed by atoms with van der Waals surface area (Å²) in [6.45, 7) is 6.40. The van der Waals surface area contributed by atoms with Crippen molar-refractivity contribution in [2.45, 2.75) is 18.9 Å². The lowest BCUT2D eigenvalue weighted by Crippen LogP contribution is -2.29. The summed E-state index contributed by atoms with van der Waals surface area (Å²) in [7, 11) is 3.27. The van der Waals surface area contributed by atoms with Crippen LogP contribution in [0.5, 0.6) is 17.2 Å². The van der Waals surface area contributed by atoms with Gasteiger partial charge in [-0.1, -0.05) is 6.58 Å². The van der Waals surface area contributed by atoms with E-state index in [1.165, 1.54) is 0 Å². The molecule has 1 aromatic rings. The fourth-order valence-corrected chi connectivity index (χ4v) is 2.74. The first kappa shape index (κ1) is 12.9. The number of methoxy groups -OCH3 is 2. The van der Waals surface area contributed by atoms with Gasteiger partial charge in [-0.05, 0) is 30.7 Å². The molecule has 0 spiro atoms. The smallest absolute Gasteiger partial charge is 0.168 e. The summed E-state index contributed by atoms with van der Waals surface area (Å²) >= 11 is 0. The number of allylic oxidation sites excluding steroid dienone is 1. The molecule has 4 nitrogen and oxygen atoms in total. The van der Waals surface area contributed by atoms with E-state index >= 15 is 0 Å². The minimum atomic E-state index is -0.0322. The summed E-state index contributed by atoms with van der Waals surface area (Å²) in [6.07, 6.45) is 2.06. The first-order chi connectivity index (χ1) is 9.65. The Kier molecular flexibility index (Phi) is 3.08. The minimum absolute atomic E-state index is 0.0322. The maximum atomic E-state index is 5.90. The summed E-state index contributed by atoms with van der Waals surface area (Å²) in [5, 5.41) is 0. The van der Waals surface area contributed by atoms with Crippen LogP contribution in [-0.4, -0.2) is 26.9 Å². The Morgan fingerprint density at radius 2 is 2.10 bits per heavy atom. The molecule has 4 heteroatoms. The molecular formula is C16H18O4. The average Bonchev–Trinajstić information content (AvgIpc) is 2.90. The Labute approximate surface area is 118 Å². The largest absolute Gasteiger partial charge is 0.493 e. The first-order valence-corrected chi connectivity index (χ1v) is 6.57. The van der Waals surface area contributed by atoms with Crippen LogP contribution in [0.2, 0.25) is 0 Å². The Hall–Kier alpha value is -2.10. The van der Waals surface area contributed by atoms with Crippen LogP contribution in [0.3, 0.4) is 0 Å². The summed E-state index contributed by atoms with van der Waals surface area (Å²) < 4.78 is 22.6. The normalized spacial score (nSPS) is 22.9. The van der Waals surface area contributed by atoms with Crippen LogP contribution in [0.4, 0.5) is 0 Å². The minimum Gasteiger partial charge on any atom is -0.493 e. The Balaban J connectivity index is 2.12. The molecule has 106 valence electrons. The van der Waals surface area contributed by atoms with Crippen molar-refractivity contribution in [1.82, 2.24) is 0 Å². The van der Waals surface area contributed by atoms with Crippen molar-refractivity contribution in [3.8, 4) is 17.2 Å². The maximum absolute atomic E-state index is 5.90. The number of fused-ring (bicyclic) bond motifs is 3. The number of hydrogen-bond donors (Lipinski definition) is 0. The molecule has 0 aliphatic carbocycles. The van der Waals surface area contributed by atoms with E-state index in [4.69, 9.17) is 18.9 Å². The van der Waals surface area contributed by atoms with Crippen molar-refractivity contribution in [1.29, 1.82) is 0 Å². The molecule has 2 aliphatic rings. The van der Waals surface area contributed by atoms with E-state index in [0.29, 0.717) is 18.1 Å². The number of hydrogen-bond acceptors (Lipinski definition) is 4. The van der Waals surface area contributed by atoms with E-state index in [0.717, 1.165) is 22.6 Å². The standard InChI is InChI=1S/C16H18O4/c1-9(2)13-7-10-14(20-13)8-19-11-5-6-12(17-3)16(18-4)15(10)11/h5-7,10,14H,1,8H2,2-4H3. The van der Waals surface area contributed by atoms with Gasteiger partial charge in [0, 0.05) is 0 Å². The SMILES string of the molecule is C=C(C)C1=CC2c3c(ccc(OC)c3OC)OCC2O1. The summed E-state index contributed by atoms with van der Waals surface area (Å²) in [5.74, 6) is 3.18. The second-order valence-corrected chi connectivity index (χ2v) is 5.02. The van der Waals surface area contributed by atoms with E-state index in [1.54, 1.807) is 14.2 Å². The van der Waals surface area contributed by atoms with Gasteiger partial charge in [0.2, 0.25) is 0 Å². The molecule has 0 amide bonds. The lowest BCUT2D eigenvalue weighted by Gasteiger charge is -2.29. The second kappa shape index (κ2) is 4.78. The monoisotopic (exact) mass is 274 g/mol. The summed E-state index contributed by atoms with van der Waals surface area (Å²) in [5.41, 5.74) is 1.90. The van der Waals surface area contributed by atoms with E-state index in [-0.39, 0.29) is 12.0 Å². The summed E-state index contributed by atoms with van der Waals surface area (Å²) in [4.78, 5) is 0. The fraction of sp³-hybridized carbons (Fsp3) is 0.375. The fourth-order valence-electron chi connectivity index (χ4n) is 2.74. The van der Waals surface area contributed by atoms with Crippen LogP contribution in [0.25, 0.3) is 0 Å². The zero-order valence-corrected chi connectivity index (χ0v) is 11.9. The third-order valence-electron chi connectivity index (χ3n) is 3.71. The Morgan fingerprint density at radius 3 is 2.75 bits per heavy atom. The molecule has 0 saturated carbocycles. The third kappa shape index (κ3) is 1.83. The van der Waals surface area contributed by atoms with Crippen molar-refractivity contribution in [2.75, 3.05) is 20.8 Å². The van der Waals surface area contributed by atoms with Crippen LogP contribution in [0.1, 0.15) is 18.4 Å². The van der Waals surface area contributed by atoms with Crippen LogP contribution >= 0.6 is 0 Å². The highest BCUT2D eigenvalue weighted by Crippen LogP contribution is 2.49. The number of ether oxygens (including phenoxy) is 4. The molecule has 0 bridgehead atoms. The molecule has 0 N–H and O–H groups in total. The molecule has 3 rings (SSSR count). The lowest BCUT2D eigenvalue weighted by atomic mass is 9.90. The van der Waals surface area contributed by atoms with Crippen molar-refractivity contribution in [3.63, 3.8) is 0 Å². The number of benzene rings is 1. The van der Waals surface area contributed by atoms with Gasteiger partial charge in [-0.3, -0.25) is 0 Å². The molecule has 1 aromatic carbocycles. The summed E-state index contributed by atoms with van der Waals surface area (Å²) in [6, 6.07) is 3.77. The molecule has 0 saturated heterocycles. The highest BCUT2D eigenvalue weighted by molar-refractivity contribution is 5.59. The van der Waals surface area contributed by atoms with Crippen molar-refractivity contribution < 1.29 is 18.9 Å². The average molecular weight is 274 g/mol.